The van der Waals surface area contributed by atoms with Crippen molar-refractivity contribution in [2.24, 2.45) is 0 Å². The van der Waals surface area contributed by atoms with Crippen LogP contribution in [0.2, 0.25) is 0 Å². The van der Waals surface area contributed by atoms with E-state index in [1.807, 2.05) is 18.3 Å². The van der Waals surface area contributed by atoms with Gasteiger partial charge in [-0.05, 0) is 104 Å². The Morgan fingerprint density at radius 3 is 2.23 bits per heavy atom. The van der Waals surface area contributed by atoms with Gasteiger partial charge in [0.1, 0.15) is 17.3 Å². The van der Waals surface area contributed by atoms with Crippen LogP contribution in [0.25, 0.3) is 44.4 Å². The molecule has 5 heteroatoms. The van der Waals surface area contributed by atoms with Crippen LogP contribution in [-0.2, 0) is 6.42 Å². The standard InChI is InChI=1S/C42H42N4O/c1-7-8-18-37-41(40-29(5)13-11-14-30(40)6)42(27(2)3)44-46(37)31-15-12-16-32(25-31)47-33-20-21-35-34-17-9-10-19-36(34)45(38(35)26-33)39-24-28(4)22-23-43-39/h9-17,19-27H,7-8,18H2,1-6H3. The van der Waals surface area contributed by atoms with E-state index in [-0.39, 0.29) is 5.92 Å². The first kappa shape index (κ1) is 30.5. The molecule has 0 aliphatic heterocycles. The van der Waals surface area contributed by atoms with Crippen molar-refractivity contribution in [2.45, 2.75) is 66.7 Å². The maximum Gasteiger partial charge on any atom is 0.137 e. The zero-order valence-electron chi connectivity index (χ0n) is 28.2. The molecule has 0 aliphatic carbocycles. The van der Waals surface area contributed by atoms with Crippen LogP contribution in [0.1, 0.15) is 67.6 Å². The summed E-state index contributed by atoms with van der Waals surface area (Å²) in [6.45, 7) is 13.3. The van der Waals surface area contributed by atoms with E-state index < -0.39 is 0 Å². The summed E-state index contributed by atoms with van der Waals surface area (Å²) in [7, 11) is 0. The lowest BCUT2D eigenvalue weighted by molar-refractivity contribution is 0.482. The molecule has 0 saturated heterocycles. The minimum absolute atomic E-state index is 0.284. The molecule has 0 atom stereocenters. The average Bonchev–Trinajstić information content (AvgIpc) is 3.60. The van der Waals surface area contributed by atoms with Gasteiger partial charge >= 0.3 is 0 Å². The summed E-state index contributed by atoms with van der Waals surface area (Å²) in [5.74, 6) is 2.73. The number of nitrogens with zero attached hydrogens (tertiary/aromatic N) is 4. The van der Waals surface area contributed by atoms with E-state index >= 15 is 0 Å². The molecule has 5 nitrogen and oxygen atoms in total. The van der Waals surface area contributed by atoms with Crippen molar-refractivity contribution in [2.75, 3.05) is 0 Å². The van der Waals surface area contributed by atoms with Crippen LogP contribution in [0.3, 0.4) is 0 Å². The van der Waals surface area contributed by atoms with Gasteiger partial charge in [0.25, 0.3) is 0 Å². The van der Waals surface area contributed by atoms with Crippen molar-refractivity contribution in [1.82, 2.24) is 19.3 Å². The van der Waals surface area contributed by atoms with Gasteiger partial charge < -0.3 is 4.74 Å². The fraction of sp³-hybridized carbons (Fsp3) is 0.238. The molecular weight excluding hydrogens is 576 g/mol. The second kappa shape index (κ2) is 12.6. The molecule has 0 amide bonds. The molecule has 0 N–H and O–H groups in total. The van der Waals surface area contributed by atoms with Crippen molar-refractivity contribution >= 4 is 21.8 Å². The van der Waals surface area contributed by atoms with Gasteiger partial charge in [-0.2, -0.15) is 5.10 Å². The van der Waals surface area contributed by atoms with Gasteiger partial charge in [0.15, 0.2) is 0 Å². The predicted molar refractivity (Wildman–Crippen MR) is 195 cm³/mol. The largest absolute Gasteiger partial charge is 0.457 e. The van der Waals surface area contributed by atoms with E-state index in [0.717, 1.165) is 59.0 Å². The molecule has 236 valence electrons. The molecule has 0 unspecified atom stereocenters. The second-order valence-corrected chi connectivity index (χ2v) is 13.0. The highest BCUT2D eigenvalue weighted by molar-refractivity contribution is 6.09. The third-order valence-corrected chi connectivity index (χ3v) is 9.13. The molecule has 3 aromatic heterocycles. The second-order valence-electron chi connectivity index (χ2n) is 13.0. The summed E-state index contributed by atoms with van der Waals surface area (Å²) in [5, 5.41) is 7.67. The lowest BCUT2D eigenvalue weighted by atomic mass is 9.90. The Morgan fingerprint density at radius 1 is 0.723 bits per heavy atom. The first-order valence-electron chi connectivity index (χ1n) is 16.8. The molecule has 7 rings (SSSR count). The molecule has 0 radical (unpaired) electrons. The fourth-order valence-electron chi connectivity index (χ4n) is 6.86. The summed E-state index contributed by atoms with van der Waals surface area (Å²) >= 11 is 0. The number of hydrogen-bond donors (Lipinski definition) is 0. The molecular formula is C42H42N4O. The minimum Gasteiger partial charge on any atom is -0.457 e. The summed E-state index contributed by atoms with van der Waals surface area (Å²) < 4.78 is 11.0. The number of benzene rings is 4. The molecule has 0 spiro atoms. The van der Waals surface area contributed by atoms with Crippen molar-refractivity contribution < 1.29 is 4.74 Å². The number of aromatic nitrogens is 4. The van der Waals surface area contributed by atoms with Crippen LogP contribution < -0.4 is 4.74 Å². The van der Waals surface area contributed by atoms with Crippen molar-refractivity contribution in [3.8, 4) is 34.1 Å². The van der Waals surface area contributed by atoms with Crippen molar-refractivity contribution in [1.29, 1.82) is 0 Å². The number of fused-ring (bicyclic) bond motifs is 3. The maximum absolute atomic E-state index is 6.61. The zero-order valence-corrected chi connectivity index (χ0v) is 28.2. The number of ether oxygens (including phenoxy) is 1. The summed E-state index contributed by atoms with van der Waals surface area (Å²) in [6.07, 6.45) is 5.05. The van der Waals surface area contributed by atoms with E-state index in [9.17, 15) is 0 Å². The van der Waals surface area contributed by atoms with Gasteiger partial charge in [0.2, 0.25) is 0 Å². The Hall–Kier alpha value is -5.16. The van der Waals surface area contributed by atoms with Gasteiger partial charge in [-0.1, -0.05) is 69.7 Å². The summed E-state index contributed by atoms with van der Waals surface area (Å²) in [5.41, 5.74) is 11.9. The Balaban J connectivity index is 1.33. The third-order valence-electron chi connectivity index (χ3n) is 9.13. The van der Waals surface area contributed by atoms with Crippen LogP contribution in [0.15, 0.2) is 103 Å². The predicted octanol–water partition coefficient (Wildman–Crippen LogP) is 11.2. The molecule has 0 saturated carbocycles. The number of rotatable bonds is 9. The third kappa shape index (κ3) is 5.61. The smallest absolute Gasteiger partial charge is 0.137 e. The van der Waals surface area contributed by atoms with Crippen molar-refractivity contribution in [3.63, 3.8) is 0 Å². The van der Waals surface area contributed by atoms with E-state index in [0.29, 0.717) is 0 Å². The van der Waals surface area contributed by atoms with Crippen molar-refractivity contribution in [3.05, 3.63) is 131 Å². The Kier molecular flexibility index (Phi) is 8.15. The summed E-state index contributed by atoms with van der Waals surface area (Å²) in [4.78, 5) is 4.74. The molecule has 0 fully saturated rings. The van der Waals surface area contributed by atoms with Gasteiger partial charge in [-0.25, -0.2) is 9.67 Å². The topological polar surface area (TPSA) is 44.9 Å². The zero-order chi connectivity index (χ0) is 32.7. The highest BCUT2D eigenvalue weighted by Crippen LogP contribution is 2.39. The normalized spacial score (nSPS) is 11.6. The SMILES string of the molecule is CCCCc1c(-c2c(C)cccc2C)c(C(C)C)nn1-c1cccc(Oc2ccc3c4ccccc4n(-c4cc(C)ccn4)c3c2)c1. The quantitative estimate of drug-likeness (QED) is 0.162. The fourth-order valence-corrected chi connectivity index (χ4v) is 6.86. The van der Waals surface area contributed by atoms with Crippen LogP contribution in [-0.4, -0.2) is 19.3 Å². The van der Waals surface area contributed by atoms with Gasteiger partial charge in [0.05, 0.1) is 28.1 Å². The van der Waals surface area contributed by atoms with Gasteiger partial charge in [-0.15, -0.1) is 0 Å². The number of hydrogen-bond acceptors (Lipinski definition) is 3. The highest BCUT2D eigenvalue weighted by Gasteiger charge is 2.24. The Labute approximate surface area is 277 Å². The van der Waals surface area contributed by atoms with E-state index in [4.69, 9.17) is 14.8 Å². The van der Waals surface area contributed by atoms with E-state index in [2.05, 4.69) is 136 Å². The molecule has 0 bridgehead atoms. The van der Waals surface area contributed by atoms with Gasteiger partial charge in [0, 0.05) is 34.7 Å². The van der Waals surface area contributed by atoms with E-state index in [1.165, 1.54) is 44.3 Å². The maximum atomic E-state index is 6.61. The molecule has 3 heterocycles. The average molecular weight is 619 g/mol. The number of aryl methyl sites for hydroxylation is 3. The van der Waals surface area contributed by atoms with Crippen LogP contribution in [0.4, 0.5) is 0 Å². The Bertz CT molecular complexity index is 2220. The van der Waals surface area contributed by atoms with Crippen LogP contribution in [0.5, 0.6) is 11.5 Å². The summed E-state index contributed by atoms with van der Waals surface area (Å²) in [6, 6.07) is 33.9. The monoisotopic (exact) mass is 618 g/mol. The van der Waals surface area contributed by atoms with Crippen LogP contribution >= 0.6 is 0 Å². The molecule has 0 aliphatic rings. The van der Waals surface area contributed by atoms with E-state index in [1.54, 1.807) is 0 Å². The Morgan fingerprint density at radius 2 is 1.47 bits per heavy atom. The first-order valence-corrected chi connectivity index (χ1v) is 16.8. The molecule has 7 aromatic rings. The molecule has 47 heavy (non-hydrogen) atoms. The van der Waals surface area contributed by atoms with Gasteiger partial charge in [-0.3, -0.25) is 4.57 Å². The molecule has 4 aromatic carbocycles. The minimum atomic E-state index is 0.284. The number of pyridine rings is 1. The highest BCUT2D eigenvalue weighted by atomic mass is 16.5. The lowest BCUT2D eigenvalue weighted by Crippen LogP contribution is -2.04. The lowest BCUT2D eigenvalue weighted by Gasteiger charge is -2.15. The number of para-hydroxylation sites is 1. The number of unbranched alkanes of at least 4 members (excludes halogenated alkanes) is 1. The van der Waals surface area contributed by atoms with Crippen LogP contribution in [0, 0.1) is 20.8 Å². The first-order chi connectivity index (χ1) is 22.8.